The predicted molar refractivity (Wildman–Crippen MR) is 61.4 cm³/mol. The zero-order valence-electron chi connectivity index (χ0n) is 9.07. The van der Waals surface area contributed by atoms with Gasteiger partial charge in [0.05, 0.1) is 11.1 Å². The average molecular weight is 244 g/mol. The molecule has 0 spiro atoms. The summed E-state index contributed by atoms with van der Waals surface area (Å²) in [5.41, 5.74) is 0.759. The molecule has 0 aliphatic heterocycles. The molecule has 2 N–H and O–H groups in total. The van der Waals surface area contributed by atoms with E-state index in [1.54, 1.807) is 0 Å². The largest absolute Gasteiger partial charge is 0.478 e. The molecule has 0 bridgehead atoms. The van der Waals surface area contributed by atoms with Crippen molar-refractivity contribution in [1.82, 2.24) is 9.97 Å². The highest BCUT2D eigenvalue weighted by atomic mass is 16.4. The maximum absolute atomic E-state index is 11.1. The number of aromatic carboxylic acids is 2. The smallest absolute Gasteiger partial charge is 0.336 e. The quantitative estimate of drug-likeness (QED) is 0.849. The standard InChI is InChI=1S/C12H8N2O4/c15-11(16)7-1-2-9(12(17)18)10(3-7)8-4-13-6-14-5-8/h1-6H,(H,15,16)(H,17,18). The molecule has 0 aliphatic carbocycles. The molecule has 0 atom stereocenters. The molecule has 6 heteroatoms. The van der Waals surface area contributed by atoms with Crippen molar-refractivity contribution in [2.24, 2.45) is 0 Å². The number of benzene rings is 1. The molecule has 1 aromatic carbocycles. The molecule has 18 heavy (non-hydrogen) atoms. The van der Waals surface area contributed by atoms with E-state index in [4.69, 9.17) is 10.2 Å². The Bertz CT molecular complexity index is 611. The lowest BCUT2D eigenvalue weighted by atomic mass is 9.99. The zero-order chi connectivity index (χ0) is 13.1. The van der Waals surface area contributed by atoms with Crippen LogP contribution in [-0.4, -0.2) is 32.1 Å². The van der Waals surface area contributed by atoms with Crippen LogP contribution in [0.1, 0.15) is 20.7 Å². The van der Waals surface area contributed by atoms with Gasteiger partial charge in [-0.05, 0) is 18.2 Å². The summed E-state index contributed by atoms with van der Waals surface area (Å²) >= 11 is 0. The van der Waals surface area contributed by atoms with Crippen LogP contribution < -0.4 is 0 Å². The number of carboxylic acid groups (broad SMARTS) is 2. The molecule has 1 aromatic heterocycles. The van der Waals surface area contributed by atoms with Gasteiger partial charge >= 0.3 is 11.9 Å². The summed E-state index contributed by atoms with van der Waals surface area (Å²) in [7, 11) is 0. The average Bonchev–Trinajstić information content (AvgIpc) is 2.39. The Kier molecular flexibility index (Phi) is 3.01. The minimum atomic E-state index is -1.13. The number of nitrogens with zero attached hydrogens (tertiary/aromatic N) is 2. The normalized spacial score (nSPS) is 10.0. The fraction of sp³-hybridized carbons (Fsp3) is 0. The molecule has 0 radical (unpaired) electrons. The number of rotatable bonds is 3. The maximum atomic E-state index is 11.1. The van der Waals surface area contributed by atoms with E-state index >= 15 is 0 Å². The molecule has 0 amide bonds. The van der Waals surface area contributed by atoms with Gasteiger partial charge in [-0.25, -0.2) is 19.6 Å². The van der Waals surface area contributed by atoms with Gasteiger partial charge in [-0.2, -0.15) is 0 Å². The van der Waals surface area contributed by atoms with Crippen molar-refractivity contribution in [2.75, 3.05) is 0 Å². The van der Waals surface area contributed by atoms with Crippen LogP contribution in [0.25, 0.3) is 11.1 Å². The molecule has 0 aliphatic rings. The predicted octanol–water partition coefficient (Wildman–Crippen LogP) is 1.54. The first-order chi connectivity index (χ1) is 8.59. The Labute approximate surface area is 102 Å². The lowest BCUT2D eigenvalue weighted by Gasteiger charge is -2.06. The summed E-state index contributed by atoms with van der Waals surface area (Å²) in [5, 5.41) is 18.0. The van der Waals surface area contributed by atoms with Gasteiger partial charge in [-0.15, -0.1) is 0 Å². The highest BCUT2D eigenvalue weighted by Crippen LogP contribution is 2.24. The SMILES string of the molecule is O=C(O)c1ccc(C(=O)O)c(-c2cncnc2)c1. The summed E-state index contributed by atoms with van der Waals surface area (Å²) in [4.78, 5) is 29.5. The molecule has 90 valence electrons. The second-order valence-electron chi connectivity index (χ2n) is 3.50. The van der Waals surface area contributed by atoms with Crippen molar-refractivity contribution in [2.45, 2.75) is 0 Å². The molecule has 0 unspecified atom stereocenters. The lowest BCUT2D eigenvalue weighted by Crippen LogP contribution is -2.03. The minimum Gasteiger partial charge on any atom is -0.478 e. The van der Waals surface area contributed by atoms with Gasteiger partial charge in [0, 0.05) is 23.5 Å². The second kappa shape index (κ2) is 4.62. The van der Waals surface area contributed by atoms with Crippen molar-refractivity contribution in [3.63, 3.8) is 0 Å². The molecule has 0 fully saturated rings. The minimum absolute atomic E-state index is 0.00907. The monoisotopic (exact) mass is 244 g/mol. The van der Waals surface area contributed by atoms with E-state index in [0.717, 1.165) is 0 Å². The third-order valence-corrected chi connectivity index (χ3v) is 2.37. The van der Waals surface area contributed by atoms with Crippen molar-refractivity contribution in [3.8, 4) is 11.1 Å². The summed E-state index contributed by atoms with van der Waals surface area (Å²) in [5.74, 6) is -2.25. The number of carbonyl (C=O) groups is 2. The molecule has 0 saturated carbocycles. The molecular weight excluding hydrogens is 236 g/mol. The topological polar surface area (TPSA) is 100 Å². The number of aromatic nitrogens is 2. The number of hydrogen-bond donors (Lipinski definition) is 2. The van der Waals surface area contributed by atoms with E-state index in [1.807, 2.05) is 0 Å². The van der Waals surface area contributed by atoms with E-state index in [9.17, 15) is 9.59 Å². The van der Waals surface area contributed by atoms with Gasteiger partial charge in [-0.1, -0.05) is 0 Å². The highest BCUT2D eigenvalue weighted by molar-refractivity contribution is 5.98. The fourth-order valence-corrected chi connectivity index (χ4v) is 1.54. The Morgan fingerprint density at radius 1 is 1.00 bits per heavy atom. The Balaban J connectivity index is 2.65. The number of carboxylic acids is 2. The van der Waals surface area contributed by atoms with Crippen LogP contribution in [0.4, 0.5) is 0 Å². The van der Waals surface area contributed by atoms with E-state index in [1.165, 1.54) is 36.9 Å². The first-order valence-electron chi connectivity index (χ1n) is 4.95. The van der Waals surface area contributed by atoms with Crippen LogP contribution in [0.3, 0.4) is 0 Å². The van der Waals surface area contributed by atoms with E-state index < -0.39 is 11.9 Å². The van der Waals surface area contributed by atoms with E-state index in [-0.39, 0.29) is 16.7 Å². The van der Waals surface area contributed by atoms with Gasteiger partial charge in [-0.3, -0.25) is 0 Å². The molecule has 6 nitrogen and oxygen atoms in total. The van der Waals surface area contributed by atoms with Crippen molar-refractivity contribution >= 4 is 11.9 Å². The van der Waals surface area contributed by atoms with Crippen molar-refractivity contribution < 1.29 is 19.8 Å². The first kappa shape index (κ1) is 11.7. The second-order valence-corrected chi connectivity index (χ2v) is 3.50. The van der Waals surface area contributed by atoms with Crippen LogP contribution in [0.2, 0.25) is 0 Å². The van der Waals surface area contributed by atoms with Crippen molar-refractivity contribution in [3.05, 3.63) is 48.0 Å². The lowest BCUT2D eigenvalue weighted by molar-refractivity contribution is 0.0682. The summed E-state index contributed by atoms with van der Waals surface area (Å²) < 4.78 is 0. The first-order valence-corrected chi connectivity index (χ1v) is 4.95. The Morgan fingerprint density at radius 2 is 1.67 bits per heavy atom. The van der Waals surface area contributed by atoms with Gasteiger partial charge < -0.3 is 10.2 Å². The Hall–Kier alpha value is -2.76. The molecule has 2 rings (SSSR count). The van der Waals surface area contributed by atoms with Gasteiger partial charge in [0.25, 0.3) is 0 Å². The Morgan fingerprint density at radius 3 is 2.22 bits per heavy atom. The van der Waals surface area contributed by atoms with Crippen LogP contribution in [0.15, 0.2) is 36.9 Å². The van der Waals surface area contributed by atoms with Crippen LogP contribution in [0, 0.1) is 0 Å². The molecule has 0 saturated heterocycles. The van der Waals surface area contributed by atoms with Gasteiger partial charge in [0.1, 0.15) is 6.33 Å². The molecule has 1 heterocycles. The van der Waals surface area contributed by atoms with Crippen molar-refractivity contribution in [1.29, 1.82) is 0 Å². The molecular formula is C12H8N2O4. The maximum Gasteiger partial charge on any atom is 0.336 e. The molecule has 2 aromatic rings. The van der Waals surface area contributed by atoms with Crippen LogP contribution in [-0.2, 0) is 0 Å². The van der Waals surface area contributed by atoms with Crippen LogP contribution in [0.5, 0.6) is 0 Å². The third-order valence-electron chi connectivity index (χ3n) is 2.37. The summed E-state index contributed by atoms with van der Waals surface area (Å²) in [6, 6.07) is 3.80. The van der Waals surface area contributed by atoms with E-state index in [0.29, 0.717) is 5.56 Å². The fourth-order valence-electron chi connectivity index (χ4n) is 1.54. The summed E-state index contributed by atoms with van der Waals surface area (Å²) in [6.45, 7) is 0. The van der Waals surface area contributed by atoms with E-state index in [2.05, 4.69) is 9.97 Å². The van der Waals surface area contributed by atoms with Gasteiger partial charge in [0.2, 0.25) is 0 Å². The van der Waals surface area contributed by atoms with Gasteiger partial charge in [0.15, 0.2) is 0 Å². The third kappa shape index (κ3) is 2.17. The number of hydrogen-bond acceptors (Lipinski definition) is 4. The highest BCUT2D eigenvalue weighted by Gasteiger charge is 2.15. The summed E-state index contributed by atoms with van der Waals surface area (Å²) in [6.07, 6.45) is 4.17. The zero-order valence-corrected chi connectivity index (χ0v) is 9.07. The van der Waals surface area contributed by atoms with Crippen LogP contribution >= 0.6 is 0 Å².